The Morgan fingerprint density at radius 1 is 1.16 bits per heavy atom. The van der Waals surface area contributed by atoms with Gasteiger partial charge in [-0.3, -0.25) is 10.1 Å². The van der Waals surface area contributed by atoms with Crippen molar-refractivity contribution in [2.45, 2.75) is 17.6 Å². The highest BCUT2D eigenvalue weighted by molar-refractivity contribution is 7.89. The van der Waals surface area contributed by atoms with Crippen molar-refractivity contribution in [2.24, 2.45) is 5.14 Å². The van der Waals surface area contributed by atoms with Gasteiger partial charge in [-0.2, -0.15) is 13.2 Å². The van der Waals surface area contributed by atoms with Gasteiger partial charge in [-0.05, 0) is 23.8 Å². The van der Waals surface area contributed by atoms with Crippen molar-refractivity contribution < 1.29 is 26.5 Å². The minimum absolute atomic E-state index is 0.00764. The number of anilines is 1. The lowest BCUT2D eigenvalue weighted by molar-refractivity contribution is -0.384. The van der Waals surface area contributed by atoms with Crippen LogP contribution >= 0.6 is 0 Å². The van der Waals surface area contributed by atoms with E-state index in [4.69, 9.17) is 5.14 Å². The molecule has 0 aromatic heterocycles. The smallest absolute Gasteiger partial charge is 0.381 e. The Hall–Kier alpha value is -2.66. The van der Waals surface area contributed by atoms with Gasteiger partial charge in [-0.15, -0.1) is 0 Å². The zero-order valence-corrected chi connectivity index (χ0v) is 13.3. The average Bonchev–Trinajstić information content (AvgIpc) is 2.51. The fourth-order valence-corrected chi connectivity index (χ4v) is 2.83. The molecule has 0 aliphatic heterocycles. The molecule has 2 aromatic rings. The van der Waals surface area contributed by atoms with E-state index in [1.54, 1.807) is 6.07 Å². The highest BCUT2D eigenvalue weighted by Crippen LogP contribution is 2.35. The van der Waals surface area contributed by atoms with Crippen LogP contribution in [0.25, 0.3) is 0 Å². The van der Waals surface area contributed by atoms with E-state index >= 15 is 0 Å². The number of hydrogen-bond acceptors (Lipinski definition) is 5. The molecule has 0 saturated carbocycles. The van der Waals surface area contributed by atoms with Crippen LogP contribution in [0.1, 0.15) is 11.1 Å². The van der Waals surface area contributed by atoms with Gasteiger partial charge in [0.25, 0.3) is 5.69 Å². The quantitative estimate of drug-likeness (QED) is 0.616. The van der Waals surface area contributed by atoms with E-state index in [2.05, 4.69) is 5.32 Å². The van der Waals surface area contributed by atoms with E-state index < -0.39 is 31.6 Å². The molecule has 0 fully saturated rings. The third-order valence-electron chi connectivity index (χ3n) is 3.21. The molecule has 0 atom stereocenters. The van der Waals surface area contributed by atoms with Crippen molar-refractivity contribution in [3.05, 3.63) is 63.7 Å². The number of nitrogens with two attached hydrogens (primary N) is 1. The number of nitro benzene ring substituents is 1. The van der Waals surface area contributed by atoms with E-state index in [0.29, 0.717) is 11.6 Å². The Morgan fingerprint density at radius 3 is 2.40 bits per heavy atom. The van der Waals surface area contributed by atoms with E-state index in [-0.39, 0.29) is 17.9 Å². The molecule has 0 aliphatic carbocycles. The lowest BCUT2D eigenvalue weighted by Crippen LogP contribution is -2.19. The van der Waals surface area contributed by atoms with Gasteiger partial charge in [0, 0.05) is 24.4 Å². The summed E-state index contributed by atoms with van der Waals surface area (Å²) < 4.78 is 61.7. The maximum absolute atomic E-state index is 13.0. The number of primary sulfonamides is 1. The van der Waals surface area contributed by atoms with Crippen LogP contribution in [0.2, 0.25) is 0 Å². The Morgan fingerprint density at radius 2 is 1.84 bits per heavy atom. The molecule has 0 aliphatic rings. The number of nitro groups is 1. The first-order valence-electron chi connectivity index (χ1n) is 6.70. The Kier molecular flexibility index (Phi) is 4.99. The summed E-state index contributed by atoms with van der Waals surface area (Å²) in [6.07, 6.45) is -4.91. The van der Waals surface area contributed by atoms with Crippen LogP contribution in [-0.2, 0) is 22.7 Å². The molecule has 11 heteroatoms. The summed E-state index contributed by atoms with van der Waals surface area (Å²) in [4.78, 5) is 9.09. The lowest BCUT2D eigenvalue weighted by atomic mass is 10.1. The molecular formula is C14H12F3N3O4S. The van der Waals surface area contributed by atoms with Crippen molar-refractivity contribution in [1.82, 2.24) is 0 Å². The summed E-state index contributed by atoms with van der Waals surface area (Å²) in [5.41, 5.74) is -1.08. The number of nitrogens with zero attached hydrogens (tertiary/aromatic N) is 1. The van der Waals surface area contributed by atoms with Crippen LogP contribution in [0.4, 0.5) is 24.5 Å². The molecular weight excluding hydrogens is 363 g/mol. The van der Waals surface area contributed by atoms with Crippen LogP contribution < -0.4 is 10.5 Å². The third-order valence-corrected chi connectivity index (χ3v) is 4.18. The molecule has 0 bridgehead atoms. The van der Waals surface area contributed by atoms with Crippen LogP contribution in [-0.4, -0.2) is 13.3 Å². The van der Waals surface area contributed by atoms with Crippen LogP contribution in [0, 0.1) is 10.1 Å². The molecule has 2 rings (SSSR count). The fraction of sp³-hybridized carbons (Fsp3) is 0.143. The molecule has 0 radical (unpaired) electrons. The predicted octanol–water partition coefficient (Wildman–Crippen LogP) is 2.87. The molecule has 7 nitrogen and oxygen atoms in total. The Labute approximate surface area is 140 Å². The molecule has 0 saturated heterocycles. The summed E-state index contributed by atoms with van der Waals surface area (Å²) in [5, 5.41) is 18.2. The molecule has 134 valence electrons. The Bertz CT molecular complexity index is 914. The SMILES string of the molecule is NS(=O)(=O)c1ccc(NCc2cccc([N+](=O)[O-])c2)cc1C(F)(F)F. The molecule has 2 aromatic carbocycles. The topological polar surface area (TPSA) is 115 Å². The minimum Gasteiger partial charge on any atom is -0.381 e. The first-order chi connectivity index (χ1) is 11.5. The summed E-state index contributed by atoms with van der Waals surface area (Å²) in [6.45, 7) is 0.00764. The minimum atomic E-state index is -4.91. The fourth-order valence-electron chi connectivity index (χ4n) is 2.09. The van der Waals surface area contributed by atoms with Gasteiger partial charge in [-0.25, -0.2) is 13.6 Å². The van der Waals surface area contributed by atoms with Gasteiger partial charge >= 0.3 is 6.18 Å². The van der Waals surface area contributed by atoms with Gasteiger partial charge in [-0.1, -0.05) is 12.1 Å². The number of halogens is 3. The summed E-state index contributed by atoms with van der Waals surface area (Å²) in [5.74, 6) is 0. The van der Waals surface area contributed by atoms with Crippen molar-refractivity contribution >= 4 is 21.4 Å². The molecule has 25 heavy (non-hydrogen) atoms. The van der Waals surface area contributed by atoms with E-state index in [9.17, 15) is 31.7 Å². The summed E-state index contributed by atoms with van der Waals surface area (Å²) >= 11 is 0. The van der Waals surface area contributed by atoms with Gasteiger partial charge in [0.1, 0.15) is 0 Å². The first kappa shape index (κ1) is 18.7. The Balaban J connectivity index is 2.29. The third kappa shape index (κ3) is 4.67. The average molecular weight is 375 g/mol. The number of alkyl halides is 3. The molecule has 0 heterocycles. The van der Waals surface area contributed by atoms with E-state index in [1.807, 2.05) is 0 Å². The second kappa shape index (κ2) is 6.69. The van der Waals surface area contributed by atoms with Gasteiger partial charge in [0.2, 0.25) is 10.0 Å². The molecule has 0 unspecified atom stereocenters. The number of nitrogens with one attached hydrogen (secondary N) is 1. The number of non-ortho nitro benzene ring substituents is 1. The monoisotopic (exact) mass is 375 g/mol. The van der Waals surface area contributed by atoms with Crippen molar-refractivity contribution in [2.75, 3.05) is 5.32 Å². The van der Waals surface area contributed by atoms with Crippen molar-refractivity contribution in [3.63, 3.8) is 0 Å². The maximum Gasteiger partial charge on any atom is 0.417 e. The van der Waals surface area contributed by atoms with Crippen molar-refractivity contribution in [3.8, 4) is 0 Å². The normalized spacial score (nSPS) is 12.0. The largest absolute Gasteiger partial charge is 0.417 e. The first-order valence-corrected chi connectivity index (χ1v) is 8.24. The van der Waals surface area contributed by atoms with Crippen LogP contribution in [0.5, 0.6) is 0 Å². The zero-order chi connectivity index (χ0) is 18.8. The standard InChI is InChI=1S/C14H12F3N3O4S/c15-14(16,17)12-7-10(4-5-13(12)25(18,23)24)19-8-9-2-1-3-11(6-9)20(21)22/h1-7,19H,8H2,(H2,18,23,24). The van der Waals surface area contributed by atoms with E-state index in [1.165, 1.54) is 18.2 Å². The van der Waals surface area contributed by atoms with Crippen molar-refractivity contribution in [1.29, 1.82) is 0 Å². The number of hydrogen-bond donors (Lipinski definition) is 2. The van der Waals surface area contributed by atoms with Gasteiger partial charge in [0.15, 0.2) is 0 Å². The number of rotatable bonds is 5. The van der Waals surface area contributed by atoms with Crippen LogP contribution in [0.3, 0.4) is 0 Å². The number of benzene rings is 2. The van der Waals surface area contributed by atoms with E-state index in [0.717, 1.165) is 12.1 Å². The highest BCUT2D eigenvalue weighted by Gasteiger charge is 2.36. The highest BCUT2D eigenvalue weighted by atomic mass is 32.2. The predicted molar refractivity (Wildman–Crippen MR) is 83.2 cm³/mol. The molecule has 0 spiro atoms. The second-order valence-electron chi connectivity index (χ2n) is 5.03. The number of sulfonamides is 1. The van der Waals surface area contributed by atoms with Gasteiger partial charge in [0.05, 0.1) is 15.4 Å². The zero-order valence-electron chi connectivity index (χ0n) is 12.4. The molecule has 3 N–H and O–H groups in total. The van der Waals surface area contributed by atoms with Gasteiger partial charge < -0.3 is 5.32 Å². The van der Waals surface area contributed by atoms with Crippen LogP contribution in [0.15, 0.2) is 47.4 Å². The second-order valence-corrected chi connectivity index (χ2v) is 6.56. The molecule has 0 amide bonds. The summed E-state index contributed by atoms with van der Waals surface area (Å²) in [6, 6.07) is 8.07. The summed E-state index contributed by atoms with van der Waals surface area (Å²) in [7, 11) is -4.54. The maximum atomic E-state index is 13.0. The lowest BCUT2D eigenvalue weighted by Gasteiger charge is -2.14.